The van der Waals surface area contributed by atoms with Crippen LogP contribution >= 0.6 is 11.6 Å². The molecule has 2 aliphatic heterocycles. The molecule has 0 spiro atoms. The lowest BCUT2D eigenvalue weighted by Crippen LogP contribution is -2.50. The lowest BCUT2D eigenvalue weighted by Gasteiger charge is -2.43. The third kappa shape index (κ3) is 2.91. The standard InChI is InChI=1S/C23H25ClN2O2/c1-6-28-16-10-17-14(3)12-23(4,5)26-21(17)18(11-16)20(22(26)27)25-15-8-7-13(2)19(24)9-15/h7-11,14H,6,12H2,1-5H3/t14-/m1/s1. The lowest BCUT2D eigenvalue weighted by molar-refractivity contribution is -0.113. The number of amides is 1. The first-order chi connectivity index (χ1) is 13.2. The highest BCUT2D eigenvalue weighted by atomic mass is 35.5. The number of ether oxygens (including phenoxy) is 1. The van der Waals surface area contributed by atoms with Crippen LogP contribution in [-0.2, 0) is 4.79 Å². The van der Waals surface area contributed by atoms with Gasteiger partial charge in [0.05, 0.1) is 18.0 Å². The molecule has 0 N–H and O–H groups in total. The van der Waals surface area contributed by atoms with Gasteiger partial charge in [0.25, 0.3) is 5.91 Å². The molecule has 0 bridgehead atoms. The molecule has 0 unspecified atom stereocenters. The number of aryl methyl sites for hydroxylation is 1. The summed E-state index contributed by atoms with van der Waals surface area (Å²) in [6.45, 7) is 10.9. The fraction of sp³-hybridized carbons (Fsp3) is 0.391. The Balaban J connectivity index is 1.94. The first-order valence-corrected chi connectivity index (χ1v) is 10.1. The van der Waals surface area contributed by atoms with E-state index < -0.39 is 0 Å². The Bertz CT molecular complexity index is 1010. The summed E-state index contributed by atoms with van der Waals surface area (Å²) in [7, 11) is 0. The summed E-state index contributed by atoms with van der Waals surface area (Å²) in [5.74, 6) is 1.06. The fourth-order valence-corrected chi connectivity index (χ4v) is 4.60. The van der Waals surface area contributed by atoms with E-state index in [-0.39, 0.29) is 11.4 Å². The van der Waals surface area contributed by atoms with Crippen molar-refractivity contribution in [1.29, 1.82) is 0 Å². The number of rotatable bonds is 3. The molecule has 4 nitrogen and oxygen atoms in total. The van der Waals surface area contributed by atoms with Crippen LogP contribution in [0.15, 0.2) is 35.3 Å². The molecule has 0 aromatic heterocycles. The molecule has 2 aromatic carbocycles. The van der Waals surface area contributed by atoms with Gasteiger partial charge in [0.15, 0.2) is 0 Å². The van der Waals surface area contributed by atoms with E-state index in [4.69, 9.17) is 21.3 Å². The quantitative estimate of drug-likeness (QED) is 0.657. The van der Waals surface area contributed by atoms with Crippen LogP contribution in [0.25, 0.3) is 0 Å². The average molecular weight is 397 g/mol. The van der Waals surface area contributed by atoms with Gasteiger partial charge in [0.2, 0.25) is 0 Å². The Morgan fingerprint density at radius 3 is 2.71 bits per heavy atom. The third-order valence-corrected chi connectivity index (χ3v) is 6.05. The summed E-state index contributed by atoms with van der Waals surface area (Å²) < 4.78 is 5.80. The number of hydrogen-bond donors (Lipinski definition) is 0. The van der Waals surface area contributed by atoms with Crippen molar-refractivity contribution >= 4 is 34.6 Å². The van der Waals surface area contributed by atoms with Crippen LogP contribution in [0.3, 0.4) is 0 Å². The SMILES string of the molecule is CCOc1cc2c3c(c1)[C@H](C)CC(C)(C)N3C(=O)C2=Nc1ccc(C)c(Cl)c1. The molecule has 0 fully saturated rings. The molecule has 0 saturated heterocycles. The van der Waals surface area contributed by atoms with Crippen molar-refractivity contribution in [3.05, 3.63) is 52.0 Å². The molecule has 2 heterocycles. The van der Waals surface area contributed by atoms with Crippen molar-refractivity contribution in [2.75, 3.05) is 11.5 Å². The van der Waals surface area contributed by atoms with Crippen molar-refractivity contribution in [2.24, 2.45) is 4.99 Å². The maximum Gasteiger partial charge on any atom is 0.278 e. The van der Waals surface area contributed by atoms with Gasteiger partial charge in [0.1, 0.15) is 11.5 Å². The van der Waals surface area contributed by atoms with Gasteiger partial charge in [-0.3, -0.25) is 4.79 Å². The highest BCUT2D eigenvalue weighted by Crippen LogP contribution is 2.50. The summed E-state index contributed by atoms with van der Waals surface area (Å²) in [6, 6.07) is 9.65. The van der Waals surface area contributed by atoms with Crippen LogP contribution in [0.2, 0.25) is 5.02 Å². The second kappa shape index (κ2) is 6.63. The van der Waals surface area contributed by atoms with Crippen molar-refractivity contribution < 1.29 is 9.53 Å². The molecule has 1 atom stereocenters. The Morgan fingerprint density at radius 2 is 2.04 bits per heavy atom. The number of benzene rings is 2. The number of nitrogens with zero attached hydrogens (tertiary/aromatic N) is 2. The second-order valence-corrected chi connectivity index (χ2v) is 8.70. The summed E-state index contributed by atoms with van der Waals surface area (Å²) >= 11 is 6.27. The summed E-state index contributed by atoms with van der Waals surface area (Å²) in [6.07, 6.45) is 0.893. The first kappa shape index (κ1) is 19.0. The van der Waals surface area contributed by atoms with E-state index in [1.165, 1.54) is 0 Å². The smallest absolute Gasteiger partial charge is 0.278 e. The maximum atomic E-state index is 13.4. The summed E-state index contributed by atoms with van der Waals surface area (Å²) in [5, 5.41) is 0.645. The molecular weight excluding hydrogens is 372 g/mol. The molecule has 0 radical (unpaired) electrons. The van der Waals surface area contributed by atoms with Gasteiger partial charge in [-0.2, -0.15) is 0 Å². The molecule has 5 heteroatoms. The van der Waals surface area contributed by atoms with Crippen LogP contribution in [0.4, 0.5) is 11.4 Å². The van der Waals surface area contributed by atoms with Crippen molar-refractivity contribution in [3.8, 4) is 5.75 Å². The molecule has 4 rings (SSSR count). The van der Waals surface area contributed by atoms with Gasteiger partial charge >= 0.3 is 0 Å². The third-order valence-electron chi connectivity index (χ3n) is 5.65. The normalized spacial score (nSPS) is 21.2. The van der Waals surface area contributed by atoms with Gasteiger partial charge in [-0.15, -0.1) is 0 Å². The number of carbonyl (C=O) groups excluding carboxylic acids is 1. The van der Waals surface area contributed by atoms with Crippen LogP contribution in [0.1, 0.15) is 56.7 Å². The van der Waals surface area contributed by atoms with Gasteiger partial charge in [0, 0.05) is 16.1 Å². The minimum atomic E-state index is -0.270. The van der Waals surface area contributed by atoms with E-state index in [2.05, 4.69) is 26.8 Å². The number of anilines is 1. The molecule has 0 saturated carbocycles. The first-order valence-electron chi connectivity index (χ1n) is 9.73. The largest absolute Gasteiger partial charge is 0.494 e. The maximum absolute atomic E-state index is 13.4. The van der Waals surface area contributed by atoms with Crippen LogP contribution < -0.4 is 9.64 Å². The Labute approximate surface area is 171 Å². The van der Waals surface area contributed by atoms with Gasteiger partial charge in [-0.25, -0.2) is 4.99 Å². The van der Waals surface area contributed by atoms with E-state index in [0.717, 1.165) is 34.5 Å². The van der Waals surface area contributed by atoms with Gasteiger partial charge < -0.3 is 9.64 Å². The molecule has 0 aliphatic carbocycles. The molecule has 28 heavy (non-hydrogen) atoms. The van der Waals surface area contributed by atoms with E-state index in [9.17, 15) is 4.79 Å². The molecule has 146 valence electrons. The zero-order valence-electron chi connectivity index (χ0n) is 17.0. The average Bonchev–Trinajstić information content (AvgIpc) is 2.89. The zero-order valence-corrected chi connectivity index (χ0v) is 17.7. The highest BCUT2D eigenvalue weighted by molar-refractivity contribution is 6.55. The van der Waals surface area contributed by atoms with Gasteiger partial charge in [-0.1, -0.05) is 24.6 Å². The monoisotopic (exact) mass is 396 g/mol. The minimum absolute atomic E-state index is 0.0569. The minimum Gasteiger partial charge on any atom is -0.494 e. The number of hydrogen-bond acceptors (Lipinski definition) is 3. The topological polar surface area (TPSA) is 41.9 Å². The zero-order chi connectivity index (χ0) is 20.2. The van der Waals surface area contributed by atoms with E-state index >= 15 is 0 Å². The van der Waals surface area contributed by atoms with Crippen molar-refractivity contribution in [1.82, 2.24) is 0 Å². The lowest BCUT2D eigenvalue weighted by atomic mass is 9.80. The van der Waals surface area contributed by atoms with E-state index in [1.54, 1.807) is 6.07 Å². The Hall–Kier alpha value is -2.33. The summed E-state index contributed by atoms with van der Waals surface area (Å²) in [5.41, 5.74) is 4.84. The van der Waals surface area contributed by atoms with E-state index in [0.29, 0.717) is 28.9 Å². The van der Waals surface area contributed by atoms with Crippen molar-refractivity contribution in [3.63, 3.8) is 0 Å². The van der Waals surface area contributed by atoms with Crippen LogP contribution in [0.5, 0.6) is 5.75 Å². The Kier molecular flexibility index (Phi) is 4.50. The van der Waals surface area contributed by atoms with E-state index in [1.807, 2.05) is 36.9 Å². The number of carbonyl (C=O) groups is 1. The van der Waals surface area contributed by atoms with Crippen molar-refractivity contribution in [2.45, 2.75) is 52.5 Å². The Morgan fingerprint density at radius 1 is 1.29 bits per heavy atom. The predicted molar refractivity (Wildman–Crippen MR) is 115 cm³/mol. The fourth-order valence-electron chi connectivity index (χ4n) is 4.42. The predicted octanol–water partition coefficient (Wildman–Crippen LogP) is 5.80. The molecule has 2 aliphatic rings. The molecule has 1 amide bonds. The summed E-state index contributed by atoms with van der Waals surface area (Å²) in [4.78, 5) is 20.1. The second-order valence-electron chi connectivity index (χ2n) is 8.29. The highest BCUT2D eigenvalue weighted by Gasteiger charge is 2.48. The number of aliphatic imine (C=N–C) groups is 1. The number of halogens is 1. The van der Waals surface area contributed by atoms with Gasteiger partial charge in [-0.05, 0) is 75.4 Å². The van der Waals surface area contributed by atoms with Crippen LogP contribution in [0, 0.1) is 6.92 Å². The van der Waals surface area contributed by atoms with Crippen LogP contribution in [-0.4, -0.2) is 23.8 Å². The molecular formula is C23H25ClN2O2. The molecule has 2 aromatic rings.